The number of rotatable bonds is 8. The predicted octanol–water partition coefficient (Wildman–Crippen LogP) is 4.69. The molecule has 3 aromatic heterocycles. The van der Waals surface area contributed by atoms with Crippen LogP contribution in [0.2, 0.25) is 5.02 Å². The number of allylic oxidation sites excluding steroid dienone is 1. The summed E-state index contributed by atoms with van der Waals surface area (Å²) in [7, 11) is 0. The molecule has 9 nitrogen and oxygen atoms in total. The van der Waals surface area contributed by atoms with Crippen LogP contribution in [0.15, 0.2) is 59.4 Å². The first-order valence-corrected chi connectivity index (χ1v) is 13.2. The van der Waals surface area contributed by atoms with E-state index >= 15 is 0 Å². The van der Waals surface area contributed by atoms with E-state index < -0.39 is 11.7 Å². The third-order valence-electron chi connectivity index (χ3n) is 6.89. The molecule has 38 heavy (non-hydrogen) atoms. The Morgan fingerprint density at radius 2 is 2.13 bits per heavy atom. The van der Waals surface area contributed by atoms with E-state index in [4.69, 9.17) is 17.3 Å². The summed E-state index contributed by atoms with van der Waals surface area (Å²) < 4.78 is 17.2. The Kier molecular flexibility index (Phi) is 6.24. The summed E-state index contributed by atoms with van der Waals surface area (Å²) >= 11 is 7.26. The van der Waals surface area contributed by atoms with Crippen molar-refractivity contribution in [3.63, 3.8) is 0 Å². The van der Waals surface area contributed by atoms with Gasteiger partial charge in [0.05, 0.1) is 11.6 Å². The zero-order valence-electron chi connectivity index (χ0n) is 19.9. The number of thiophene rings is 1. The first-order valence-electron chi connectivity index (χ1n) is 12.0. The summed E-state index contributed by atoms with van der Waals surface area (Å²) in [5.41, 5.74) is 9.70. The quantitative estimate of drug-likeness (QED) is 0.252. The number of aromatic nitrogens is 5. The molecule has 1 saturated carbocycles. The number of pyridine rings is 1. The minimum atomic E-state index is -0.791. The summed E-state index contributed by atoms with van der Waals surface area (Å²) in [6, 6.07) is 8.99. The highest BCUT2D eigenvalue weighted by Crippen LogP contribution is 2.42. The van der Waals surface area contributed by atoms with Crippen LogP contribution >= 0.6 is 22.9 Å². The van der Waals surface area contributed by atoms with Gasteiger partial charge in [-0.25, -0.2) is 4.39 Å². The first-order chi connectivity index (χ1) is 18.4. The van der Waals surface area contributed by atoms with E-state index in [2.05, 4.69) is 20.5 Å². The van der Waals surface area contributed by atoms with Crippen molar-refractivity contribution in [2.45, 2.75) is 31.6 Å². The number of tetrazole rings is 1. The molecular weight excluding hydrogens is 529 g/mol. The van der Waals surface area contributed by atoms with Crippen LogP contribution in [0.3, 0.4) is 0 Å². The molecule has 12 heteroatoms. The lowest BCUT2D eigenvalue weighted by Gasteiger charge is -2.18. The number of halogens is 2. The molecule has 4 aromatic rings. The van der Waals surface area contributed by atoms with Crippen molar-refractivity contribution in [3.05, 3.63) is 86.6 Å². The smallest absolute Gasteiger partial charge is 0.261 e. The normalized spacial score (nSPS) is 15.8. The Labute approximate surface area is 225 Å². The van der Waals surface area contributed by atoms with Gasteiger partial charge in [-0.2, -0.15) is 9.41 Å². The van der Waals surface area contributed by atoms with E-state index in [0.717, 1.165) is 41.0 Å². The van der Waals surface area contributed by atoms with Crippen molar-refractivity contribution >= 4 is 40.1 Å². The zero-order valence-corrected chi connectivity index (χ0v) is 21.5. The summed E-state index contributed by atoms with van der Waals surface area (Å²) in [5.74, 6) is -1.11. The second-order valence-electron chi connectivity index (χ2n) is 9.42. The first kappa shape index (κ1) is 24.4. The molecule has 4 heterocycles. The van der Waals surface area contributed by atoms with Gasteiger partial charge in [0, 0.05) is 51.5 Å². The molecule has 0 bridgehead atoms. The molecule has 0 spiro atoms. The Balaban J connectivity index is 1.31. The highest BCUT2D eigenvalue weighted by molar-refractivity contribution is 7.12. The minimum Gasteiger partial charge on any atom is -0.618 e. The van der Waals surface area contributed by atoms with Crippen LogP contribution in [-0.4, -0.2) is 31.8 Å². The molecule has 2 aliphatic rings. The van der Waals surface area contributed by atoms with E-state index in [0.29, 0.717) is 51.0 Å². The average Bonchev–Trinajstić information content (AvgIpc) is 3.27. The Morgan fingerprint density at radius 3 is 2.82 bits per heavy atom. The van der Waals surface area contributed by atoms with Gasteiger partial charge in [-0.15, -0.1) is 16.4 Å². The van der Waals surface area contributed by atoms with Crippen molar-refractivity contribution in [3.8, 4) is 16.8 Å². The molecule has 0 saturated heterocycles. The number of nitrogens with zero attached hydrogens (tertiary/aromatic N) is 6. The van der Waals surface area contributed by atoms with Gasteiger partial charge in [-0.05, 0) is 52.6 Å². The Morgan fingerprint density at radius 1 is 1.29 bits per heavy atom. The average molecular weight is 550 g/mol. The summed E-state index contributed by atoms with van der Waals surface area (Å²) in [6.45, 7) is 0. The molecule has 1 amide bonds. The van der Waals surface area contributed by atoms with Crippen LogP contribution in [0.1, 0.15) is 52.5 Å². The third kappa shape index (κ3) is 4.59. The fraction of sp³-hybridized carbons (Fsp3) is 0.231. The minimum absolute atomic E-state index is 0.0982. The molecule has 1 unspecified atom stereocenters. The maximum absolute atomic E-state index is 14.8. The van der Waals surface area contributed by atoms with Crippen molar-refractivity contribution in [1.82, 2.24) is 20.2 Å². The zero-order chi connectivity index (χ0) is 26.4. The van der Waals surface area contributed by atoms with Crippen LogP contribution in [0.5, 0.6) is 0 Å². The Bertz CT molecular complexity index is 1610. The molecule has 1 fully saturated rings. The molecule has 1 aliphatic carbocycles. The fourth-order valence-corrected chi connectivity index (χ4v) is 5.79. The van der Waals surface area contributed by atoms with Crippen LogP contribution in [0, 0.1) is 16.9 Å². The van der Waals surface area contributed by atoms with Crippen LogP contribution in [0.4, 0.5) is 4.39 Å². The number of amides is 1. The topological polar surface area (TPSA) is 126 Å². The van der Waals surface area contributed by atoms with Gasteiger partial charge >= 0.3 is 0 Å². The lowest BCUT2D eigenvalue weighted by atomic mass is 9.88. The molecule has 1 aromatic carbocycles. The van der Waals surface area contributed by atoms with Crippen molar-refractivity contribution in [2.75, 3.05) is 0 Å². The van der Waals surface area contributed by atoms with Gasteiger partial charge in [0.2, 0.25) is 5.69 Å². The second kappa shape index (κ2) is 9.73. The van der Waals surface area contributed by atoms with E-state index in [1.54, 1.807) is 29.8 Å². The molecular formula is C26H21ClFN7O2S. The standard InChI is InChI=1S/C26H21ClFN7O2S/c27-17-4-6-22(34-13-31-32-33-34)18(9-17)15-3-5-23(35(37)11-15)19(7-14-1-2-14)21-8-16(10-30-21)20-12-38-25(24(20)28)26(29)36/h3-6,9-14,19H,1-2,7-8H2,(H2,29,36). The van der Waals surface area contributed by atoms with Gasteiger partial charge in [0.1, 0.15) is 11.2 Å². The van der Waals surface area contributed by atoms with Crippen molar-refractivity contribution < 1.29 is 13.9 Å². The number of carbonyl (C=O) groups is 1. The third-order valence-corrected chi connectivity index (χ3v) is 8.10. The number of nitrogens with two attached hydrogens (primary N) is 1. The van der Waals surface area contributed by atoms with Crippen molar-refractivity contribution in [1.29, 1.82) is 0 Å². The molecule has 0 radical (unpaired) electrons. The summed E-state index contributed by atoms with van der Waals surface area (Å²) in [6.07, 6.45) is 8.02. The number of primary amides is 1. The monoisotopic (exact) mass is 549 g/mol. The lowest BCUT2D eigenvalue weighted by molar-refractivity contribution is -0.614. The van der Waals surface area contributed by atoms with Gasteiger partial charge in [-0.1, -0.05) is 24.4 Å². The van der Waals surface area contributed by atoms with Gasteiger partial charge in [-0.3, -0.25) is 9.79 Å². The fourth-order valence-electron chi connectivity index (χ4n) is 4.80. The number of benzene rings is 1. The highest BCUT2D eigenvalue weighted by atomic mass is 35.5. The highest BCUT2D eigenvalue weighted by Gasteiger charge is 2.35. The number of aliphatic imine (C=N–C) groups is 1. The van der Waals surface area contributed by atoms with E-state index in [9.17, 15) is 14.4 Å². The van der Waals surface area contributed by atoms with E-state index in [1.165, 1.54) is 17.2 Å². The van der Waals surface area contributed by atoms with Crippen LogP contribution in [-0.2, 0) is 0 Å². The summed E-state index contributed by atoms with van der Waals surface area (Å²) in [4.78, 5) is 16.0. The maximum Gasteiger partial charge on any atom is 0.261 e. The Hall–Kier alpha value is -3.96. The number of carbonyl (C=O) groups excluding carboxylic acids is 1. The van der Waals surface area contributed by atoms with Gasteiger partial charge in [0.15, 0.2) is 12.0 Å². The van der Waals surface area contributed by atoms with Crippen LogP contribution in [0.25, 0.3) is 22.4 Å². The van der Waals surface area contributed by atoms with Gasteiger partial charge < -0.3 is 10.9 Å². The molecule has 1 aliphatic heterocycles. The van der Waals surface area contributed by atoms with E-state index in [-0.39, 0.29) is 10.8 Å². The maximum atomic E-state index is 14.8. The van der Waals surface area contributed by atoms with Crippen LogP contribution < -0.4 is 10.5 Å². The summed E-state index contributed by atoms with van der Waals surface area (Å²) in [5, 5.41) is 26.9. The van der Waals surface area contributed by atoms with E-state index in [1.807, 2.05) is 12.1 Å². The largest absolute Gasteiger partial charge is 0.618 e. The number of hydrogen-bond acceptors (Lipinski definition) is 7. The van der Waals surface area contributed by atoms with Gasteiger partial charge in [0.25, 0.3) is 5.91 Å². The SMILES string of the molecule is NC(=O)c1scc(C2=CN=C(C(CC3CC3)c3ccc(-c4cc(Cl)ccc4-n4cnnn4)c[n+]3[O-])C2)c1F. The second-order valence-corrected chi connectivity index (χ2v) is 10.7. The molecule has 1 atom stereocenters. The predicted molar refractivity (Wildman–Crippen MR) is 141 cm³/mol. The number of hydrogen-bond donors (Lipinski definition) is 1. The molecule has 192 valence electrons. The molecule has 2 N–H and O–H groups in total. The molecule has 6 rings (SSSR count). The van der Waals surface area contributed by atoms with Crippen molar-refractivity contribution in [2.24, 2.45) is 16.6 Å². The lowest BCUT2D eigenvalue weighted by Crippen LogP contribution is -2.35.